The first-order valence-corrected chi connectivity index (χ1v) is 35.9. The number of nitrogens with one attached hydrogen (secondary N) is 7. The standard InChI is InChI=1S/C72H114N14O18/c1-16-42(8)60(52(101-14)35-55(90)85-34-22-27-51(85)64(102-15)43(9)65(94)75-44(10)61(91)47-23-18-17-19-24-47)83(12)69(98)57(40(4)5)80-68(97)59(41(6)7)84(13)72(100)103-38-46-29-31-48(32-30-46)77-66(95)50(26-21-33-74-71(73)99)78-67(96)56(39(2)3)79-54(89)28-20-25-49-36-86(82-81-49)70-58(76-45(11)88)63(93)62(92)53(37-87)104-70/h17-19,23-24,29-32,36,39-44,50-53,56-64,70,87,91-93H,16,20-22,25-28,33-35,37-38H2,1-15H3,(H,75,94)(H,76,88)(H,77,95)(H,78,96)(H,79,89)(H,80,97)(H3,73,74,99)/t42-,43+,44+,50-,51-,52+,53+,56+,57-,58+,59-,60-,61+,62-,63+,64+,70+/m0/s1. The number of rotatable bonds is 39. The molecule has 0 unspecified atom stereocenters. The summed E-state index contributed by atoms with van der Waals surface area (Å²) in [5.41, 5.74) is 7.16. The molecule has 2 aromatic carbocycles. The lowest BCUT2D eigenvalue weighted by atomic mass is 9.89. The van der Waals surface area contributed by atoms with E-state index in [0.717, 1.165) is 4.90 Å². The Kier molecular flexibility index (Phi) is 34.3. The molecule has 13 N–H and O–H groups in total. The second kappa shape index (κ2) is 41.3. The minimum atomic E-state index is -1.51. The van der Waals surface area contributed by atoms with Crippen LogP contribution >= 0.6 is 0 Å². The number of likely N-dealkylation sites (N-methyl/N-ethyl adjacent to an activating group) is 2. The van der Waals surface area contributed by atoms with Crippen molar-refractivity contribution in [3.8, 4) is 0 Å². The summed E-state index contributed by atoms with van der Waals surface area (Å²) < 4.78 is 24.8. The van der Waals surface area contributed by atoms with Crippen molar-refractivity contribution in [1.82, 2.24) is 61.6 Å². The first kappa shape index (κ1) is 86.2. The molecule has 3 heterocycles. The van der Waals surface area contributed by atoms with Crippen molar-refractivity contribution in [3.05, 3.63) is 77.6 Å². The smallest absolute Gasteiger partial charge is 0.410 e. The molecule has 3 aromatic rings. The number of methoxy groups -OCH3 is 2. The van der Waals surface area contributed by atoms with Crippen molar-refractivity contribution < 1.29 is 87.3 Å². The van der Waals surface area contributed by atoms with E-state index >= 15 is 0 Å². The Bertz CT molecular complexity index is 3290. The van der Waals surface area contributed by atoms with Crippen molar-refractivity contribution in [3.63, 3.8) is 0 Å². The largest absolute Gasteiger partial charge is 0.445 e. The SMILES string of the molecule is CC[C@H](C)[C@@H]([C@@H](CC(=O)N1CCC[C@H]1[C@H](OC)[C@@H](C)C(=O)N[C@H](C)[C@@H](O)c1ccccc1)OC)N(C)C(=O)[C@@H](NC(=O)[C@H](C(C)C)N(C)C(=O)OCc1ccc(NC(=O)[C@H](CCCNC(N)=O)NC(=O)[C@H](NC(=O)CCCc2cn([C@@H]3O[C@H](CO)[C@H](O)[C@H](O)[C@H]3NC(C)=O)nn2)C(C)C)cc1)C(C)C. The van der Waals surface area contributed by atoms with Gasteiger partial charge in [-0.3, -0.25) is 43.3 Å². The number of urea groups is 1. The van der Waals surface area contributed by atoms with E-state index in [1.54, 1.807) is 109 Å². The summed E-state index contributed by atoms with van der Waals surface area (Å²) in [6.45, 7) is 18.8. The van der Waals surface area contributed by atoms with Gasteiger partial charge in [-0.15, -0.1) is 5.10 Å². The summed E-state index contributed by atoms with van der Waals surface area (Å²) in [6.07, 6.45) is -4.65. The minimum Gasteiger partial charge on any atom is -0.445 e. The van der Waals surface area contributed by atoms with Gasteiger partial charge in [-0.25, -0.2) is 14.3 Å². The minimum absolute atomic E-state index is 0.0432. The maximum absolute atomic E-state index is 14.9. The van der Waals surface area contributed by atoms with Gasteiger partial charge in [-0.1, -0.05) is 116 Å². The molecule has 0 radical (unpaired) electrons. The number of ether oxygens (including phenoxy) is 4. The number of anilines is 1. The van der Waals surface area contributed by atoms with Gasteiger partial charge in [0.1, 0.15) is 55.1 Å². The second-order valence-corrected chi connectivity index (χ2v) is 28.3. The summed E-state index contributed by atoms with van der Waals surface area (Å²) >= 11 is 0. The van der Waals surface area contributed by atoms with E-state index in [4.69, 9.17) is 24.7 Å². The summed E-state index contributed by atoms with van der Waals surface area (Å²) in [7, 11) is 6.05. The van der Waals surface area contributed by atoms with E-state index in [1.807, 2.05) is 32.0 Å². The van der Waals surface area contributed by atoms with Crippen LogP contribution in [-0.4, -0.2) is 236 Å². The average molecular weight is 1460 g/mol. The molecule has 2 aliphatic heterocycles. The van der Waals surface area contributed by atoms with Crippen molar-refractivity contribution >= 4 is 65.1 Å². The van der Waals surface area contributed by atoms with Crippen LogP contribution in [0.2, 0.25) is 0 Å². The van der Waals surface area contributed by atoms with Crippen molar-refractivity contribution in [1.29, 1.82) is 0 Å². The zero-order valence-electron chi connectivity index (χ0n) is 62.8. The Morgan fingerprint density at radius 1 is 0.779 bits per heavy atom. The average Bonchev–Trinajstić information content (AvgIpc) is 1.35. The van der Waals surface area contributed by atoms with Crippen LogP contribution in [-0.2, 0) is 70.3 Å². The third-order valence-corrected chi connectivity index (χ3v) is 19.5. The number of benzene rings is 2. The van der Waals surface area contributed by atoms with E-state index in [-0.39, 0.29) is 69.4 Å². The number of carbonyl (C=O) groups excluding carboxylic acids is 10. The van der Waals surface area contributed by atoms with E-state index in [0.29, 0.717) is 48.3 Å². The normalized spacial score (nSPS) is 20.6. The van der Waals surface area contributed by atoms with Gasteiger partial charge in [0.2, 0.25) is 47.3 Å². The molecule has 17 atom stereocenters. The quantitative estimate of drug-likeness (QED) is 0.0365. The Morgan fingerprint density at radius 2 is 1.44 bits per heavy atom. The molecule has 0 spiro atoms. The van der Waals surface area contributed by atoms with Gasteiger partial charge in [0, 0.05) is 60.4 Å². The molecule has 5 rings (SSSR count). The first-order valence-electron chi connectivity index (χ1n) is 35.9. The summed E-state index contributed by atoms with van der Waals surface area (Å²) in [6, 6.07) is 7.30. The predicted octanol–water partition coefficient (Wildman–Crippen LogP) is 2.32. The highest BCUT2D eigenvalue weighted by Gasteiger charge is 2.47. The van der Waals surface area contributed by atoms with Crippen molar-refractivity contribution in [2.45, 2.75) is 232 Å². The molecular weight excluding hydrogens is 1350 g/mol. The van der Waals surface area contributed by atoms with Crippen LogP contribution in [0.4, 0.5) is 15.3 Å². The molecule has 580 valence electrons. The number of aliphatic hydroxyl groups is 4. The van der Waals surface area contributed by atoms with E-state index < -0.39 is 169 Å². The fourth-order valence-electron chi connectivity index (χ4n) is 13.4. The van der Waals surface area contributed by atoms with Gasteiger partial charge in [-0.05, 0) is 92.4 Å². The second-order valence-electron chi connectivity index (χ2n) is 28.3. The van der Waals surface area contributed by atoms with Crippen LogP contribution in [0.5, 0.6) is 0 Å². The zero-order chi connectivity index (χ0) is 77.4. The molecule has 0 bridgehead atoms. The highest BCUT2D eigenvalue weighted by Crippen LogP contribution is 2.32. The topological polar surface area (TPSA) is 439 Å². The number of hydrogen-bond donors (Lipinski definition) is 12. The first-order chi connectivity index (χ1) is 49.2. The van der Waals surface area contributed by atoms with Crippen LogP contribution in [0.3, 0.4) is 0 Å². The maximum Gasteiger partial charge on any atom is 0.410 e. The number of primary amides is 1. The molecule has 1 aromatic heterocycles. The number of aryl methyl sites for hydroxylation is 1. The fraction of sp³-hybridized carbons (Fsp3) is 0.667. The van der Waals surface area contributed by atoms with Gasteiger partial charge in [-0.2, -0.15) is 0 Å². The number of nitrogens with zero attached hydrogens (tertiary/aromatic N) is 6. The monoisotopic (exact) mass is 1460 g/mol. The van der Waals surface area contributed by atoms with Gasteiger partial charge < -0.3 is 92.1 Å². The van der Waals surface area contributed by atoms with Crippen LogP contribution in [0, 0.1) is 29.6 Å². The molecule has 11 amide bonds. The van der Waals surface area contributed by atoms with Gasteiger partial charge in [0.05, 0.1) is 67.3 Å². The lowest BCUT2D eigenvalue weighted by Crippen LogP contribution is -2.62. The van der Waals surface area contributed by atoms with E-state index in [1.165, 1.54) is 39.1 Å². The molecule has 32 heteroatoms. The molecule has 0 aliphatic carbocycles. The third-order valence-electron chi connectivity index (χ3n) is 19.5. The summed E-state index contributed by atoms with van der Waals surface area (Å²) in [5.74, 6) is -6.12. The zero-order valence-corrected chi connectivity index (χ0v) is 62.8. The van der Waals surface area contributed by atoms with Crippen LogP contribution in [0.1, 0.15) is 157 Å². The lowest BCUT2D eigenvalue weighted by molar-refractivity contribution is -0.219. The number of aliphatic hydroxyl groups excluding tert-OH is 4. The van der Waals surface area contributed by atoms with E-state index in [2.05, 4.69) is 47.5 Å². The summed E-state index contributed by atoms with van der Waals surface area (Å²) in [5, 5.41) is 69.2. The molecular formula is C72H114N14O18. The number of carbonyl (C=O) groups is 10. The van der Waals surface area contributed by atoms with Gasteiger partial charge >= 0.3 is 12.1 Å². The van der Waals surface area contributed by atoms with Gasteiger partial charge in [0.25, 0.3) is 0 Å². The van der Waals surface area contributed by atoms with Crippen molar-refractivity contribution in [2.24, 2.45) is 35.3 Å². The van der Waals surface area contributed by atoms with Crippen molar-refractivity contribution in [2.75, 3.05) is 53.3 Å². The highest BCUT2D eigenvalue weighted by molar-refractivity contribution is 5.98. The fourth-order valence-corrected chi connectivity index (χ4v) is 13.4. The molecule has 2 saturated heterocycles. The molecule has 0 saturated carbocycles. The molecule has 32 nitrogen and oxygen atoms in total. The van der Waals surface area contributed by atoms with Crippen LogP contribution in [0.15, 0.2) is 60.8 Å². The Balaban J connectivity index is 1.17. The highest BCUT2D eigenvalue weighted by atomic mass is 16.6. The Hall–Kier alpha value is -8.40. The number of amides is 11. The Labute approximate surface area is 609 Å². The van der Waals surface area contributed by atoms with Gasteiger partial charge in [0.15, 0.2) is 6.23 Å². The number of aromatic nitrogens is 3. The predicted molar refractivity (Wildman–Crippen MR) is 383 cm³/mol. The maximum atomic E-state index is 14.9. The summed E-state index contributed by atoms with van der Waals surface area (Å²) in [4.78, 5) is 141. The van der Waals surface area contributed by atoms with Crippen LogP contribution in [0.25, 0.3) is 0 Å². The molecule has 2 aliphatic rings. The lowest BCUT2D eigenvalue weighted by Gasteiger charge is -2.42. The number of likely N-dealkylation sites (tertiary alicyclic amines) is 1. The number of hydrogen-bond acceptors (Lipinski definition) is 20. The Morgan fingerprint density at radius 3 is 2.03 bits per heavy atom. The van der Waals surface area contributed by atoms with Crippen LogP contribution < -0.4 is 43.0 Å². The molecule has 2 fully saturated rings. The third kappa shape index (κ3) is 24.1. The van der Waals surface area contributed by atoms with E-state index in [9.17, 15) is 68.4 Å². The number of nitrogens with two attached hydrogens (primary N) is 1. The molecule has 104 heavy (non-hydrogen) atoms.